The number of hydrogen-bond donors (Lipinski definition) is 0. The van der Waals surface area contributed by atoms with Crippen molar-refractivity contribution in [1.29, 1.82) is 0 Å². The van der Waals surface area contributed by atoms with E-state index in [1.54, 1.807) is 0 Å². The molecule has 0 aromatic rings. The molecule has 108 valence electrons. The van der Waals surface area contributed by atoms with Crippen LogP contribution in [0.1, 0.15) is 25.7 Å². The highest BCUT2D eigenvalue weighted by Gasteiger charge is 2.58. The summed E-state index contributed by atoms with van der Waals surface area (Å²) in [6.07, 6.45) is 1.27. The van der Waals surface area contributed by atoms with E-state index in [2.05, 4.69) is 4.18 Å². The molecule has 0 aliphatic heterocycles. The summed E-state index contributed by atoms with van der Waals surface area (Å²) in [6, 6.07) is 0. The van der Waals surface area contributed by atoms with Crippen molar-refractivity contribution in [3.05, 3.63) is 0 Å². The number of rotatable bonds is 2. The fourth-order valence-electron chi connectivity index (χ4n) is 3.93. The molecule has 8 heteroatoms. The van der Waals surface area contributed by atoms with Crippen LogP contribution in [-0.4, -0.2) is 25.8 Å². The standard InChI is InChI=1S/C11H13F3O4S/c12-11(13,14)19(16,17)18-10-7-2-5-1-6(4-7)9(15)8(10)3-5/h5-8,10H,1-4H2/t5-,6+,7-,8+,10-/m0/s1. The van der Waals surface area contributed by atoms with Crippen LogP contribution < -0.4 is 0 Å². The first-order valence-corrected chi connectivity index (χ1v) is 7.63. The first-order chi connectivity index (χ1) is 8.69. The van der Waals surface area contributed by atoms with E-state index in [4.69, 9.17) is 0 Å². The van der Waals surface area contributed by atoms with Gasteiger partial charge in [0.15, 0.2) is 0 Å². The van der Waals surface area contributed by atoms with Crippen LogP contribution in [0.5, 0.6) is 0 Å². The van der Waals surface area contributed by atoms with E-state index in [1.807, 2.05) is 0 Å². The zero-order valence-electron chi connectivity index (χ0n) is 9.89. The lowest BCUT2D eigenvalue weighted by Crippen LogP contribution is -2.55. The minimum absolute atomic E-state index is 0.101. The summed E-state index contributed by atoms with van der Waals surface area (Å²) < 4.78 is 63.6. The van der Waals surface area contributed by atoms with Crippen LogP contribution in [0.3, 0.4) is 0 Å². The van der Waals surface area contributed by atoms with Crippen LogP contribution in [0.25, 0.3) is 0 Å². The molecule has 4 aliphatic rings. The lowest BCUT2D eigenvalue weighted by molar-refractivity contribution is -0.153. The van der Waals surface area contributed by atoms with Gasteiger partial charge in [-0.2, -0.15) is 21.6 Å². The lowest BCUT2D eigenvalue weighted by Gasteiger charge is -2.52. The molecule has 0 heterocycles. The number of Topliss-reactive ketones (excluding diaryl/α,β-unsaturated/α-hetero) is 1. The Bertz CT molecular complexity index is 513. The fraction of sp³-hybridized carbons (Fsp3) is 0.909. The topological polar surface area (TPSA) is 60.4 Å². The van der Waals surface area contributed by atoms with Gasteiger partial charge in [-0.1, -0.05) is 0 Å². The molecule has 4 aliphatic carbocycles. The van der Waals surface area contributed by atoms with Crippen molar-refractivity contribution in [2.24, 2.45) is 23.7 Å². The molecule has 4 saturated carbocycles. The van der Waals surface area contributed by atoms with E-state index >= 15 is 0 Å². The molecule has 4 nitrogen and oxygen atoms in total. The predicted octanol–water partition coefficient (Wildman–Crippen LogP) is 1.86. The maximum atomic E-state index is 12.3. The number of carbonyl (C=O) groups is 1. The predicted molar refractivity (Wildman–Crippen MR) is 57.3 cm³/mol. The third-order valence-electron chi connectivity index (χ3n) is 4.58. The van der Waals surface area contributed by atoms with E-state index in [0.29, 0.717) is 25.2 Å². The summed E-state index contributed by atoms with van der Waals surface area (Å²) in [5, 5.41) is 0. The molecule has 5 atom stereocenters. The van der Waals surface area contributed by atoms with Crippen LogP contribution in [0.4, 0.5) is 13.2 Å². The van der Waals surface area contributed by atoms with E-state index in [9.17, 15) is 26.4 Å². The van der Waals surface area contributed by atoms with E-state index in [1.165, 1.54) is 0 Å². The van der Waals surface area contributed by atoms with Gasteiger partial charge in [-0.25, -0.2) is 0 Å². The largest absolute Gasteiger partial charge is 0.523 e. The molecule has 0 amide bonds. The maximum Gasteiger partial charge on any atom is 0.523 e. The van der Waals surface area contributed by atoms with Crippen molar-refractivity contribution in [3.63, 3.8) is 0 Å². The van der Waals surface area contributed by atoms with E-state index in [-0.39, 0.29) is 17.6 Å². The molecule has 0 aromatic carbocycles. The minimum Gasteiger partial charge on any atom is -0.299 e. The summed E-state index contributed by atoms with van der Waals surface area (Å²) in [6.45, 7) is 0. The highest BCUT2D eigenvalue weighted by molar-refractivity contribution is 7.87. The summed E-state index contributed by atoms with van der Waals surface area (Å²) in [5.74, 6) is -0.795. The highest BCUT2D eigenvalue weighted by Crippen LogP contribution is 2.53. The molecule has 0 unspecified atom stereocenters. The first-order valence-electron chi connectivity index (χ1n) is 6.22. The Labute approximate surface area is 108 Å². The van der Waals surface area contributed by atoms with Crippen molar-refractivity contribution in [1.82, 2.24) is 0 Å². The van der Waals surface area contributed by atoms with Gasteiger partial charge < -0.3 is 0 Å². The van der Waals surface area contributed by atoms with Crippen molar-refractivity contribution < 1.29 is 30.6 Å². The minimum atomic E-state index is -5.62. The number of halogens is 3. The Kier molecular flexibility index (Phi) is 2.77. The molecule has 0 aromatic heterocycles. The van der Waals surface area contributed by atoms with Gasteiger partial charge in [0, 0.05) is 11.8 Å². The molecular weight excluding hydrogens is 285 g/mol. The second-order valence-corrected chi connectivity index (χ2v) is 7.30. The number of ketones is 1. The van der Waals surface area contributed by atoms with E-state index in [0.717, 1.165) is 6.42 Å². The molecule has 0 radical (unpaired) electrons. The molecule has 0 N–H and O–H groups in total. The van der Waals surface area contributed by atoms with Gasteiger partial charge in [0.25, 0.3) is 0 Å². The Hall–Kier alpha value is -0.630. The number of alkyl halides is 3. The van der Waals surface area contributed by atoms with Gasteiger partial charge in [0.05, 0.1) is 6.10 Å². The van der Waals surface area contributed by atoms with Crippen LogP contribution in [-0.2, 0) is 19.1 Å². The quantitative estimate of drug-likeness (QED) is 0.576. The van der Waals surface area contributed by atoms with E-state index < -0.39 is 27.6 Å². The third-order valence-corrected chi connectivity index (χ3v) is 5.62. The molecule has 19 heavy (non-hydrogen) atoms. The van der Waals surface area contributed by atoms with Gasteiger partial charge >= 0.3 is 15.6 Å². The Morgan fingerprint density at radius 2 is 1.79 bits per heavy atom. The second kappa shape index (κ2) is 3.94. The third kappa shape index (κ3) is 1.99. The number of hydrogen-bond acceptors (Lipinski definition) is 4. The monoisotopic (exact) mass is 298 g/mol. The normalized spacial score (nSPS) is 41.8. The Balaban J connectivity index is 1.85. The maximum absolute atomic E-state index is 12.3. The Morgan fingerprint density at radius 3 is 2.42 bits per heavy atom. The molecule has 0 spiro atoms. The van der Waals surface area contributed by atoms with Crippen LogP contribution >= 0.6 is 0 Å². The molecule has 4 bridgehead atoms. The zero-order valence-corrected chi connectivity index (χ0v) is 10.7. The summed E-state index contributed by atoms with van der Waals surface area (Å²) in [5.41, 5.74) is -5.43. The van der Waals surface area contributed by atoms with Crippen LogP contribution in [0.15, 0.2) is 0 Å². The van der Waals surface area contributed by atoms with Gasteiger partial charge in [0.2, 0.25) is 0 Å². The van der Waals surface area contributed by atoms with Crippen molar-refractivity contribution in [2.45, 2.75) is 37.3 Å². The Morgan fingerprint density at radius 1 is 1.11 bits per heavy atom. The number of carbonyl (C=O) groups excluding carboxylic acids is 1. The molecule has 4 rings (SSSR count). The van der Waals surface area contributed by atoms with Gasteiger partial charge in [-0.3, -0.25) is 8.98 Å². The lowest BCUT2D eigenvalue weighted by atomic mass is 9.54. The average molecular weight is 298 g/mol. The van der Waals surface area contributed by atoms with Crippen LogP contribution in [0.2, 0.25) is 0 Å². The summed E-state index contributed by atoms with van der Waals surface area (Å²) in [4.78, 5) is 12.0. The van der Waals surface area contributed by atoms with Gasteiger partial charge in [-0.15, -0.1) is 0 Å². The summed E-state index contributed by atoms with van der Waals surface area (Å²) in [7, 11) is -5.62. The van der Waals surface area contributed by atoms with Crippen molar-refractivity contribution in [3.8, 4) is 0 Å². The first kappa shape index (κ1) is 13.4. The van der Waals surface area contributed by atoms with Gasteiger partial charge in [-0.05, 0) is 37.5 Å². The van der Waals surface area contributed by atoms with Crippen molar-refractivity contribution in [2.75, 3.05) is 0 Å². The SMILES string of the molecule is O=C1[C@@H]2C[C@H]3C[C@@H](C2)[C@H](OS(=O)(=O)C(F)(F)F)[C@@H]1C3. The molecule has 4 fully saturated rings. The molecule has 0 saturated heterocycles. The van der Waals surface area contributed by atoms with Gasteiger partial charge in [0.1, 0.15) is 5.78 Å². The fourth-order valence-corrected chi connectivity index (χ4v) is 4.62. The van der Waals surface area contributed by atoms with Crippen LogP contribution in [0, 0.1) is 23.7 Å². The highest BCUT2D eigenvalue weighted by atomic mass is 32.2. The smallest absolute Gasteiger partial charge is 0.299 e. The summed E-state index contributed by atoms with van der Waals surface area (Å²) >= 11 is 0. The zero-order chi connectivity index (χ0) is 14.0. The van der Waals surface area contributed by atoms with Crippen molar-refractivity contribution >= 4 is 15.9 Å². The second-order valence-electron chi connectivity index (χ2n) is 5.74. The average Bonchev–Trinajstić information content (AvgIpc) is 2.27. The molecular formula is C11H13F3O4S.